The fourth-order valence-electron chi connectivity index (χ4n) is 2.01. The number of benzene rings is 2. The molecule has 0 atom stereocenters. The van der Waals surface area contributed by atoms with E-state index >= 15 is 0 Å². The van der Waals surface area contributed by atoms with E-state index in [2.05, 4.69) is 17.2 Å². The summed E-state index contributed by atoms with van der Waals surface area (Å²) in [6, 6.07) is 13.7. The fraction of sp³-hybridized carbons (Fsp3) is 0.111. The van der Waals surface area contributed by atoms with Crippen molar-refractivity contribution in [1.29, 1.82) is 0 Å². The molecule has 0 aliphatic heterocycles. The van der Waals surface area contributed by atoms with Crippen LogP contribution in [-0.2, 0) is 9.53 Å². The first-order valence-electron chi connectivity index (χ1n) is 7.33. The molecule has 0 saturated carbocycles. The molecule has 0 fully saturated rings. The molecule has 2 amide bonds. The number of ether oxygens (including phenoxy) is 1. The van der Waals surface area contributed by atoms with Crippen molar-refractivity contribution in [3.63, 3.8) is 0 Å². The second kappa shape index (κ2) is 7.82. The highest BCUT2D eigenvalue weighted by Gasteiger charge is 2.13. The molecule has 0 unspecified atom stereocenters. The highest BCUT2D eigenvalue weighted by Crippen LogP contribution is 2.29. The number of carbonyl (C=O) groups excluding carboxylic acids is 2. The van der Waals surface area contributed by atoms with Gasteiger partial charge in [0.05, 0.1) is 12.3 Å². The second-order valence-corrected chi connectivity index (χ2v) is 4.88. The van der Waals surface area contributed by atoms with Crippen LogP contribution in [0.5, 0.6) is 5.75 Å². The van der Waals surface area contributed by atoms with E-state index in [-0.39, 0.29) is 23.7 Å². The second-order valence-electron chi connectivity index (χ2n) is 4.88. The van der Waals surface area contributed by atoms with Gasteiger partial charge in [-0.05, 0) is 30.2 Å². The molecule has 6 nitrogen and oxygen atoms in total. The van der Waals surface area contributed by atoms with Crippen LogP contribution in [0.2, 0.25) is 0 Å². The fourth-order valence-corrected chi connectivity index (χ4v) is 2.01. The lowest BCUT2D eigenvalue weighted by molar-refractivity contribution is -0.138. The van der Waals surface area contributed by atoms with Gasteiger partial charge in [0.2, 0.25) is 0 Å². The first kappa shape index (κ1) is 17.1. The van der Waals surface area contributed by atoms with Crippen molar-refractivity contribution in [2.24, 2.45) is 0 Å². The zero-order valence-corrected chi connectivity index (χ0v) is 13.2. The van der Waals surface area contributed by atoms with Gasteiger partial charge in [0, 0.05) is 0 Å². The minimum atomic E-state index is -0.713. The minimum absolute atomic E-state index is 0.0911. The molecule has 0 saturated heterocycles. The van der Waals surface area contributed by atoms with Crippen molar-refractivity contribution in [2.75, 3.05) is 11.9 Å². The van der Waals surface area contributed by atoms with Crippen molar-refractivity contribution in [1.82, 2.24) is 5.32 Å². The summed E-state index contributed by atoms with van der Waals surface area (Å²) in [5.74, 6) is -0.804. The normalized spacial score (nSPS) is 9.88. The summed E-state index contributed by atoms with van der Waals surface area (Å²) in [6.07, 6.45) is 0. The van der Waals surface area contributed by atoms with Crippen LogP contribution < -0.4 is 10.6 Å². The van der Waals surface area contributed by atoms with Crippen molar-refractivity contribution >= 4 is 17.7 Å². The predicted molar refractivity (Wildman–Crippen MR) is 91.5 cm³/mol. The lowest BCUT2D eigenvalue weighted by Crippen LogP contribution is -2.31. The summed E-state index contributed by atoms with van der Waals surface area (Å²) in [4.78, 5) is 23.4. The van der Waals surface area contributed by atoms with Crippen LogP contribution in [0.3, 0.4) is 0 Å². The Balaban J connectivity index is 2.10. The zero-order chi connectivity index (χ0) is 17.5. The number of phenolic OH excluding ortho intramolecular Hbond substituents is 1. The highest BCUT2D eigenvalue weighted by molar-refractivity contribution is 5.98. The molecular weight excluding hydrogens is 308 g/mol. The molecule has 0 aliphatic rings. The summed E-state index contributed by atoms with van der Waals surface area (Å²) < 4.78 is 4.73. The van der Waals surface area contributed by atoms with E-state index in [1.807, 2.05) is 30.3 Å². The molecular formula is C18H18N2O4. The van der Waals surface area contributed by atoms with Crippen molar-refractivity contribution < 1.29 is 19.4 Å². The summed E-state index contributed by atoms with van der Waals surface area (Å²) in [5.41, 5.74) is 1.79. The average Bonchev–Trinajstić information content (AvgIpc) is 2.57. The predicted octanol–water partition coefficient (Wildman–Crippen LogP) is 3.26. The number of urea groups is 1. The van der Waals surface area contributed by atoms with Gasteiger partial charge in [-0.25, -0.2) is 9.59 Å². The molecule has 2 aromatic rings. The number of carbonyl (C=O) groups is 2. The average molecular weight is 326 g/mol. The maximum Gasteiger partial charge on any atom is 0.354 e. The molecule has 0 heterocycles. The van der Waals surface area contributed by atoms with E-state index in [9.17, 15) is 14.7 Å². The third-order valence-corrected chi connectivity index (χ3v) is 3.14. The number of aromatic hydroxyl groups is 1. The smallest absolute Gasteiger partial charge is 0.354 e. The first-order chi connectivity index (χ1) is 11.5. The van der Waals surface area contributed by atoms with Gasteiger partial charge in [0.25, 0.3) is 0 Å². The third-order valence-electron chi connectivity index (χ3n) is 3.14. The van der Waals surface area contributed by atoms with Crippen molar-refractivity contribution in [3.8, 4) is 16.9 Å². The molecule has 24 heavy (non-hydrogen) atoms. The van der Waals surface area contributed by atoms with Gasteiger partial charge in [-0.2, -0.15) is 0 Å². The van der Waals surface area contributed by atoms with Gasteiger partial charge in [-0.15, -0.1) is 0 Å². The van der Waals surface area contributed by atoms with E-state index in [0.717, 1.165) is 11.1 Å². The number of anilines is 1. The number of nitrogens with one attached hydrogen (secondary N) is 2. The zero-order valence-electron chi connectivity index (χ0n) is 13.2. The van der Waals surface area contributed by atoms with Gasteiger partial charge >= 0.3 is 12.0 Å². The monoisotopic (exact) mass is 326 g/mol. The molecule has 3 N–H and O–H groups in total. The lowest BCUT2D eigenvalue weighted by Gasteiger charge is -2.11. The Morgan fingerprint density at radius 3 is 2.50 bits per heavy atom. The van der Waals surface area contributed by atoms with Crippen LogP contribution in [0, 0.1) is 0 Å². The molecule has 0 radical (unpaired) electrons. The van der Waals surface area contributed by atoms with Crippen LogP contribution in [0.1, 0.15) is 6.92 Å². The Morgan fingerprint density at radius 2 is 1.83 bits per heavy atom. The summed E-state index contributed by atoms with van der Waals surface area (Å²) in [6.45, 7) is 5.27. The molecule has 0 aromatic heterocycles. The standard InChI is InChI=1S/C18H18N2O4/c1-3-24-17(22)12(2)19-18(23)20-15-11-14(9-10-16(15)21)13-7-5-4-6-8-13/h4-11,21H,2-3H2,1H3,(H2,19,20,23). The van der Waals surface area contributed by atoms with Crippen LogP contribution in [0.4, 0.5) is 10.5 Å². The topological polar surface area (TPSA) is 87.7 Å². The Bertz CT molecular complexity index is 757. The number of hydrogen-bond acceptors (Lipinski definition) is 4. The Labute approximate surface area is 139 Å². The highest BCUT2D eigenvalue weighted by atomic mass is 16.5. The van der Waals surface area contributed by atoms with Gasteiger partial charge in [0.1, 0.15) is 11.4 Å². The van der Waals surface area contributed by atoms with E-state index in [1.165, 1.54) is 6.07 Å². The maximum atomic E-state index is 11.9. The SMILES string of the molecule is C=C(NC(=O)Nc1cc(-c2ccccc2)ccc1O)C(=O)OCC. The molecule has 2 aromatic carbocycles. The number of esters is 1. The van der Waals surface area contributed by atoms with Crippen LogP contribution >= 0.6 is 0 Å². The Hall–Kier alpha value is -3.28. The minimum Gasteiger partial charge on any atom is -0.506 e. The first-order valence-corrected chi connectivity index (χ1v) is 7.33. The summed E-state index contributed by atoms with van der Waals surface area (Å²) in [7, 11) is 0. The maximum absolute atomic E-state index is 11.9. The van der Waals surface area contributed by atoms with E-state index in [1.54, 1.807) is 19.1 Å². The number of amides is 2. The number of phenols is 1. The van der Waals surface area contributed by atoms with E-state index in [0.29, 0.717) is 0 Å². The lowest BCUT2D eigenvalue weighted by atomic mass is 10.0. The summed E-state index contributed by atoms with van der Waals surface area (Å²) >= 11 is 0. The molecule has 124 valence electrons. The quantitative estimate of drug-likeness (QED) is 0.447. The van der Waals surface area contributed by atoms with Crippen molar-refractivity contribution in [2.45, 2.75) is 6.92 Å². The molecule has 2 rings (SSSR count). The van der Waals surface area contributed by atoms with Gasteiger partial charge in [0.15, 0.2) is 0 Å². The Kier molecular flexibility index (Phi) is 5.57. The van der Waals surface area contributed by atoms with E-state index in [4.69, 9.17) is 4.74 Å². The molecule has 0 spiro atoms. The molecule has 6 heteroatoms. The summed E-state index contributed by atoms with van der Waals surface area (Å²) in [5, 5.41) is 14.7. The van der Waals surface area contributed by atoms with Crippen LogP contribution in [0.15, 0.2) is 60.8 Å². The molecule has 0 bridgehead atoms. The van der Waals surface area contributed by atoms with Gasteiger partial charge < -0.3 is 20.5 Å². The largest absolute Gasteiger partial charge is 0.506 e. The van der Waals surface area contributed by atoms with Gasteiger partial charge in [-0.1, -0.05) is 43.0 Å². The number of rotatable bonds is 5. The third kappa shape index (κ3) is 4.36. The molecule has 0 aliphatic carbocycles. The van der Waals surface area contributed by atoms with Crippen LogP contribution in [0.25, 0.3) is 11.1 Å². The number of hydrogen-bond donors (Lipinski definition) is 3. The van der Waals surface area contributed by atoms with Crippen molar-refractivity contribution in [3.05, 3.63) is 60.8 Å². The Morgan fingerprint density at radius 1 is 1.12 bits per heavy atom. The van der Waals surface area contributed by atoms with Crippen LogP contribution in [-0.4, -0.2) is 23.7 Å². The van der Waals surface area contributed by atoms with Gasteiger partial charge in [-0.3, -0.25) is 0 Å². The van der Waals surface area contributed by atoms with E-state index < -0.39 is 12.0 Å².